The van der Waals surface area contributed by atoms with Crippen molar-refractivity contribution in [1.29, 1.82) is 0 Å². The van der Waals surface area contributed by atoms with Gasteiger partial charge in [-0.15, -0.1) is 0 Å². The second kappa shape index (κ2) is 11.8. The van der Waals surface area contributed by atoms with E-state index in [1.807, 2.05) is 18.2 Å². The monoisotopic (exact) mass is 666 g/mol. The number of rotatable bonds is 5. The first-order valence-corrected chi connectivity index (χ1v) is 17.8. The van der Waals surface area contributed by atoms with E-state index in [4.69, 9.17) is 14.4 Å². The Bertz CT molecular complexity index is 2810. The third-order valence-electron chi connectivity index (χ3n) is 10.7. The minimum atomic E-state index is -0.184. The molecular weight excluding hydrogens is 633 g/mol. The number of hydrogen-bond acceptors (Lipinski definition) is 3. The Morgan fingerprint density at radius 1 is 0.404 bits per heavy atom. The molecule has 3 heteroatoms. The summed E-state index contributed by atoms with van der Waals surface area (Å²) in [6.45, 7) is 4.66. The molecule has 3 nitrogen and oxygen atoms in total. The zero-order valence-corrected chi connectivity index (χ0v) is 29.0. The summed E-state index contributed by atoms with van der Waals surface area (Å²) < 4.78 is 6.19. The summed E-state index contributed by atoms with van der Waals surface area (Å²) in [5.74, 6) is 0.706. The van der Waals surface area contributed by atoms with Gasteiger partial charge in [0.15, 0.2) is 5.82 Å². The number of aromatic nitrogens is 2. The first-order chi connectivity index (χ1) is 25.5. The second-order valence-corrected chi connectivity index (χ2v) is 14.2. The van der Waals surface area contributed by atoms with Crippen molar-refractivity contribution in [3.05, 3.63) is 181 Å². The van der Waals surface area contributed by atoms with Crippen LogP contribution >= 0.6 is 0 Å². The highest BCUT2D eigenvalue weighted by atomic mass is 16.3. The summed E-state index contributed by atoms with van der Waals surface area (Å²) in [7, 11) is 0. The van der Waals surface area contributed by atoms with E-state index in [1.165, 1.54) is 22.3 Å². The Hall–Kier alpha value is -6.58. The Morgan fingerprint density at radius 2 is 1.02 bits per heavy atom. The van der Waals surface area contributed by atoms with Crippen LogP contribution in [0.4, 0.5) is 0 Å². The lowest BCUT2D eigenvalue weighted by Crippen LogP contribution is -2.16. The molecule has 0 unspecified atom stereocenters. The van der Waals surface area contributed by atoms with Crippen molar-refractivity contribution in [3.8, 4) is 67.3 Å². The molecule has 2 aromatic heterocycles. The van der Waals surface area contributed by atoms with Crippen LogP contribution in [0.5, 0.6) is 0 Å². The average molecular weight is 667 g/mol. The Morgan fingerprint density at radius 3 is 1.85 bits per heavy atom. The number of hydrogen-bond donors (Lipinski definition) is 0. The van der Waals surface area contributed by atoms with E-state index in [1.54, 1.807) is 0 Å². The zero-order valence-electron chi connectivity index (χ0n) is 29.0. The van der Waals surface area contributed by atoms with Crippen molar-refractivity contribution in [2.45, 2.75) is 19.3 Å². The molecule has 0 spiro atoms. The zero-order chi connectivity index (χ0) is 34.8. The molecule has 0 aliphatic heterocycles. The summed E-state index contributed by atoms with van der Waals surface area (Å²) in [5, 5.41) is 2.23. The van der Waals surface area contributed by atoms with Crippen LogP contribution < -0.4 is 0 Å². The fraction of sp³-hybridized carbons (Fsp3) is 0.0612. The Labute approximate surface area is 302 Å². The first kappa shape index (κ1) is 30.3. The van der Waals surface area contributed by atoms with Gasteiger partial charge < -0.3 is 4.42 Å². The van der Waals surface area contributed by atoms with Crippen molar-refractivity contribution in [2.24, 2.45) is 0 Å². The third kappa shape index (κ3) is 4.89. The maximum absolute atomic E-state index is 6.19. The number of benzene rings is 7. The summed E-state index contributed by atoms with van der Waals surface area (Å²) in [6.07, 6.45) is 0. The predicted octanol–water partition coefficient (Wildman–Crippen LogP) is 13.0. The predicted molar refractivity (Wildman–Crippen MR) is 214 cm³/mol. The molecule has 0 atom stereocenters. The lowest BCUT2D eigenvalue weighted by Gasteiger charge is -2.24. The fourth-order valence-corrected chi connectivity index (χ4v) is 8.16. The average Bonchev–Trinajstić information content (AvgIpc) is 3.70. The molecule has 246 valence electrons. The summed E-state index contributed by atoms with van der Waals surface area (Å²) in [6, 6.07) is 60.1. The van der Waals surface area contributed by atoms with Crippen molar-refractivity contribution in [1.82, 2.24) is 9.97 Å². The molecule has 0 amide bonds. The molecule has 1 aliphatic rings. The minimum Gasteiger partial charge on any atom is -0.456 e. The molecule has 9 aromatic rings. The molecule has 10 rings (SSSR count). The SMILES string of the molecule is CC1(C)c2ccccc2-c2cccc(-c3cc(-c4cc(-c5ccccc5)cc(-c5ccc6oc7ccccc7c6c5)c4)nc(-c4ccccc4)n3)c21. The maximum atomic E-state index is 6.19. The van der Waals surface area contributed by atoms with Crippen LogP contribution in [0, 0.1) is 0 Å². The Kier molecular flexibility index (Phi) is 6.84. The molecular formula is C49H34N2O. The van der Waals surface area contributed by atoms with Gasteiger partial charge in [-0.25, -0.2) is 9.97 Å². The van der Waals surface area contributed by atoms with E-state index >= 15 is 0 Å². The quantitative estimate of drug-likeness (QED) is 0.183. The van der Waals surface area contributed by atoms with Gasteiger partial charge in [0.05, 0.1) is 11.4 Å². The Balaban J connectivity index is 1.21. The van der Waals surface area contributed by atoms with Crippen molar-refractivity contribution in [2.75, 3.05) is 0 Å². The third-order valence-corrected chi connectivity index (χ3v) is 10.7. The van der Waals surface area contributed by atoms with Crippen molar-refractivity contribution < 1.29 is 4.42 Å². The van der Waals surface area contributed by atoms with Gasteiger partial charge in [-0.1, -0.05) is 141 Å². The van der Waals surface area contributed by atoms with E-state index in [2.05, 4.69) is 166 Å². The standard InChI is InChI=1S/C49H34N2O/c1-49(2)42-22-11-9-18-37(42)39-20-13-21-40(47(39)49)44-30-43(50-48(51-44)32-16-7-4-8-17-32)36-27-34(31-14-5-3-6-15-31)26-35(28-36)33-24-25-46-41(29-33)38-19-10-12-23-45(38)52-46/h3-30H,1-2H3. The van der Waals surface area contributed by atoms with Gasteiger partial charge >= 0.3 is 0 Å². The molecule has 0 bridgehead atoms. The number of furan rings is 1. The molecule has 0 saturated heterocycles. The van der Waals surface area contributed by atoms with Gasteiger partial charge in [0.25, 0.3) is 0 Å². The van der Waals surface area contributed by atoms with Crippen LogP contribution in [0.2, 0.25) is 0 Å². The fourth-order valence-electron chi connectivity index (χ4n) is 8.16. The van der Waals surface area contributed by atoms with Crippen molar-refractivity contribution in [3.63, 3.8) is 0 Å². The number of para-hydroxylation sites is 1. The molecule has 2 heterocycles. The molecule has 0 fully saturated rings. The van der Waals surface area contributed by atoms with Crippen LogP contribution in [0.15, 0.2) is 174 Å². The van der Waals surface area contributed by atoms with E-state index in [0.717, 1.165) is 72.3 Å². The highest BCUT2D eigenvalue weighted by Gasteiger charge is 2.37. The van der Waals surface area contributed by atoms with E-state index < -0.39 is 0 Å². The van der Waals surface area contributed by atoms with Gasteiger partial charge in [0.2, 0.25) is 0 Å². The summed E-state index contributed by atoms with van der Waals surface area (Å²) in [5.41, 5.74) is 16.3. The van der Waals surface area contributed by atoms with E-state index in [0.29, 0.717) is 5.82 Å². The highest BCUT2D eigenvalue weighted by Crippen LogP contribution is 2.52. The van der Waals surface area contributed by atoms with Crippen molar-refractivity contribution >= 4 is 21.9 Å². The lowest BCUT2D eigenvalue weighted by atomic mass is 9.79. The van der Waals surface area contributed by atoms with Crippen LogP contribution in [-0.4, -0.2) is 9.97 Å². The highest BCUT2D eigenvalue weighted by molar-refractivity contribution is 6.06. The van der Waals surface area contributed by atoms with Crippen LogP contribution in [0.1, 0.15) is 25.0 Å². The van der Waals surface area contributed by atoms with Crippen LogP contribution in [-0.2, 0) is 5.41 Å². The topological polar surface area (TPSA) is 38.9 Å². The van der Waals surface area contributed by atoms with Gasteiger partial charge in [-0.3, -0.25) is 0 Å². The largest absolute Gasteiger partial charge is 0.456 e. The molecule has 0 radical (unpaired) electrons. The van der Waals surface area contributed by atoms with Crippen LogP contribution in [0.25, 0.3) is 89.2 Å². The lowest BCUT2D eigenvalue weighted by molar-refractivity contribution is 0.662. The second-order valence-electron chi connectivity index (χ2n) is 14.2. The van der Waals surface area contributed by atoms with E-state index in [-0.39, 0.29) is 5.41 Å². The first-order valence-electron chi connectivity index (χ1n) is 17.8. The van der Waals surface area contributed by atoms with Crippen LogP contribution in [0.3, 0.4) is 0 Å². The summed E-state index contributed by atoms with van der Waals surface area (Å²) >= 11 is 0. The van der Waals surface area contributed by atoms with Gasteiger partial charge in [0, 0.05) is 32.9 Å². The van der Waals surface area contributed by atoms with Gasteiger partial charge in [0.1, 0.15) is 11.2 Å². The van der Waals surface area contributed by atoms with E-state index in [9.17, 15) is 0 Å². The normalized spacial score (nSPS) is 13.0. The molecule has 1 aliphatic carbocycles. The molecule has 7 aromatic carbocycles. The van der Waals surface area contributed by atoms with Gasteiger partial charge in [-0.05, 0) is 87.0 Å². The van der Waals surface area contributed by atoms with Gasteiger partial charge in [-0.2, -0.15) is 0 Å². The molecule has 0 N–H and O–H groups in total. The smallest absolute Gasteiger partial charge is 0.160 e. The summed E-state index contributed by atoms with van der Waals surface area (Å²) in [4.78, 5) is 10.6. The maximum Gasteiger partial charge on any atom is 0.160 e. The molecule has 0 saturated carbocycles. The number of nitrogens with zero attached hydrogens (tertiary/aromatic N) is 2. The minimum absolute atomic E-state index is 0.184. The number of fused-ring (bicyclic) bond motifs is 6. The molecule has 52 heavy (non-hydrogen) atoms.